The molecule has 1 N–H and O–H groups in total. The number of amides is 1. The number of pyridine rings is 1. The molecule has 0 bridgehead atoms. The van der Waals surface area contributed by atoms with Crippen molar-refractivity contribution < 1.29 is 13.9 Å². The van der Waals surface area contributed by atoms with Gasteiger partial charge in [0.05, 0.1) is 16.9 Å². The van der Waals surface area contributed by atoms with E-state index in [1.807, 2.05) is 79.8 Å². The number of rotatable bonds is 4. The summed E-state index contributed by atoms with van der Waals surface area (Å²) in [7, 11) is 0. The van der Waals surface area contributed by atoms with Crippen LogP contribution < -0.4 is 5.32 Å². The van der Waals surface area contributed by atoms with Crippen LogP contribution in [0.2, 0.25) is 0 Å². The molecular weight excluding hydrogens is 429 g/mol. The van der Waals surface area contributed by atoms with Crippen molar-refractivity contribution in [2.24, 2.45) is 0 Å². The molecular formula is C28H28FN3O2. The molecule has 1 amide bonds. The van der Waals surface area contributed by atoms with Gasteiger partial charge in [-0.3, -0.25) is 4.40 Å². The molecule has 1 saturated carbocycles. The molecule has 6 heteroatoms. The molecule has 174 valence electrons. The lowest BCUT2D eigenvalue weighted by atomic mass is 9.71. The highest BCUT2D eigenvalue weighted by molar-refractivity contribution is 5.82. The van der Waals surface area contributed by atoms with Crippen LogP contribution in [0.15, 0.2) is 72.9 Å². The summed E-state index contributed by atoms with van der Waals surface area (Å²) in [6, 6.07) is 21.0. The monoisotopic (exact) mass is 457 g/mol. The Hall–Kier alpha value is -3.67. The molecule has 34 heavy (non-hydrogen) atoms. The first-order chi connectivity index (χ1) is 16.2. The largest absolute Gasteiger partial charge is 0.444 e. The highest BCUT2D eigenvalue weighted by Gasteiger charge is 2.41. The molecule has 5 nitrogen and oxygen atoms in total. The topological polar surface area (TPSA) is 55.6 Å². The zero-order valence-corrected chi connectivity index (χ0v) is 19.6. The highest BCUT2D eigenvalue weighted by atomic mass is 19.1. The minimum atomic E-state index is -0.546. The van der Waals surface area contributed by atoms with E-state index in [-0.39, 0.29) is 5.82 Å². The third kappa shape index (κ3) is 4.16. The van der Waals surface area contributed by atoms with Crippen LogP contribution in [0, 0.1) is 5.82 Å². The summed E-state index contributed by atoms with van der Waals surface area (Å²) in [5.74, 6) is -0.320. The SMILES string of the molecule is CC(C)(C)OC(=O)NC1(c2ccc(-c3nc4cc(F)ccn4c3-c3ccccc3)cc2)CCC1. The fourth-order valence-electron chi connectivity index (χ4n) is 4.56. The minimum absolute atomic E-state index is 0.320. The lowest BCUT2D eigenvalue weighted by Crippen LogP contribution is -2.52. The normalized spacial score (nSPS) is 15.1. The van der Waals surface area contributed by atoms with E-state index >= 15 is 0 Å². The molecule has 0 aliphatic heterocycles. The first kappa shape index (κ1) is 22.1. The first-order valence-corrected chi connectivity index (χ1v) is 11.6. The average molecular weight is 458 g/mol. The fraction of sp³-hybridized carbons (Fsp3) is 0.286. The third-order valence-electron chi connectivity index (χ3n) is 6.29. The molecule has 1 aliphatic carbocycles. The Balaban J connectivity index is 1.52. The van der Waals surface area contributed by atoms with Crippen LogP contribution >= 0.6 is 0 Å². The number of aromatic nitrogens is 2. The van der Waals surface area contributed by atoms with Crippen molar-refractivity contribution in [3.05, 3.63) is 84.3 Å². The molecule has 2 aromatic carbocycles. The molecule has 0 spiro atoms. The number of benzene rings is 2. The Kier molecular flexibility index (Phi) is 5.39. The van der Waals surface area contributed by atoms with Crippen molar-refractivity contribution in [3.63, 3.8) is 0 Å². The Bertz CT molecular complexity index is 1330. The third-order valence-corrected chi connectivity index (χ3v) is 6.29. The van der Waals surface area contributed by atoms with Gasteiger partial charge in [-0.05, 0) is 51.7 Å². The average Bonchev–Trinajstić information content (AvgIpc) is 3.14. The Morgan fingerprint density at radius 2 is 1.74 bits per heavy atom. The summed E-state index contributed by atoms with van der Waals surface area (Å²) in [6.45, 7) is 5.58. The number of fused-ring (bicyclic) bond motifs is 1. The van der Waals surface area contributed by atoms with Gasteiger partial charge in [-0.25, -0.2) is 14.2 Å². The molecule has 0 unspecified atom stereocenters. The van der Waals surface area contributed by atoms with Gasteiger partial charge in [0.15, 0.2) is 0 Å². The summed E-state index contributed by atoms with van der Waals surface area (Å²) in [4.78, 5) is 17.2. The molecule has 2 heterocycles. The summed E-state index contributed by atoms with van der Waals surface area (Å²) in [5, 5.41) is 3.10. The van der Waals surface area contributed by atoms with Crippen molar-refractivity contribution in [3.8, 4) is 22.5 Å². The molecule has 1 aliphatic rings. The predicted molar refractivity (Wildman–Crippen MR) is 131 cm³/mol. The number of nitrogens with zero attached hydrogens (tertiary/aromatic N) is 2. The maximum absolute atomic E-state index is 13.9. The van der Waals surface area contributed by atoms with Crippen molar-refractivity contribution in [1.82, 2.24) is 14.7 Å². The van der Waals surface area contributed by atoms with Crippen LogP contribution in [0.3, 0.4) is 0 Å². The smallest absolute Gasteiger partial charge is 0.408 e. The Morgan fingerprint density at radius 3 is 2.35 bits per heavy atom. The van der Waals surface area contributed by atoms with Crippen LogP contribution in [0.5, 0.6) is 0 Å². The van der Waals surface area contributed by atoms with E-state index in [2.05, 4.69) is 5.32 Å². The van der Waals surface area contributed by atoms with E-state index in [0.29, 0.717) is 5.65 Å². The molecule has 4 aromatic rings. The maximum Gasteiger partial charge on any atom is 0.408 e. The standard InChI is InChI=1S/C28H28FN3O2/c1-27(2,3)34-26(33)31-28(15-7-16-28)21-12-10-19(11-13-21)24-25(20-8-5-4-6-9-20)32-17-14-22(29)18-23(32)30-24/h4-6,8-14,17-18H,7,15-16H2,1-3H3,(H,31,33). The number of carbonyl (C=O) groups excluding carboxylic acids is 1. The number of alkyl carbamates (subject to hydrolysis) is 1. The van der Waals surface area contributed by atoms with Crippen molar-refractivity contribution in [2.75, 3.05) is 0 Å². The van der Waals surface area contributed by atoms with Crippen LogP contribution in [-0.4, -0.2) is 21.1 Å². The van der Waals surface area contributed by atoms with Gasteiger partial charge >= 0.3 is 6.09 Å². The number of imidazole rings is 1. The van der Waals surface area contributed by atoms with E-state index in [9.17, 15) is 9.18 Å². The number of nitrogens with one attached hydrogen (secondary N) is 1. The summed E-state index contributed by atoms with van der Waals surface area (Å²) < 4.78 is 21.3. The Morgan fingerprint density at radius 1 is 1.03 bits per heavy atom. The fourth-order valence-corrected chi connectivity index (χ4v) is 4.56. The van der Waals surface area contributed by atoms with E-state index in [1.165, 1.54) is 12.1 Å². The van der Waals surface area contributed by atoms with Gasteiger partial charge in [0, 0.05) is 23.4 Å². The van der Waals surface area contributed by atoms with Gasteiger partial charge in [-0.1, -0.05) is 54.6 Å². The molecule has 0 radical (unpaired) electrons. The summed E-state index contributed by atoms with van der Waals surface area (Å²) >= 11 is 0. The van der Waals surface area contributed by atoms with E-state index in [1.54, 1.807) is 6.20 Å². The molecule has 0 saturated heterocycles. The number of ether oxygens (including phenoxy) is 1. The lowest BCUT2D eigenvalue weighted by Gasteiger charge is -2.43. The van der Waals surface area contributed by atoms with Crippen LogP contribution in [0.4, 0.5) is 9.18 Å². The van der Waals surface area contributed by atoms with E-state index in [4.69, 9.17) is 9.72 Å². The van der Waals surface area contributed by atoms with Crippen molar-refractivity contribution in [2.45, 2.75) is 51.2 Å². The van der Waals surface area contributed by atoms with Gasteiger partial charge < -0.3 is 10.1 Å². The summed E-state index contributed by atoms with van der Waals surface area (Å²) in [5.41, 5.74) is 4.27. The van der Waals surface area contributed by atoms with Gasteiger partial charge in [-0.15, -0.1) is 0 Å². The second-order valence-electron chi connectivity index (χ2n) is 9.89. The zero-order valence-electron chi connectivity index (χ0n) is 19.6. The first-order valence-electron chi connectivity index (χ1n) is 11.6. The molecule has 1 fully saturated rings. The zero-order chi connectivity index (χ0) is 23.9. The van der Waals surface area contributed by atoms with Gasteiger partial charge in [0.25, 0.3) is 0 Å². The molecule has 5 rings (SSSR count). The van der Waals surface area contributed by atoms with Crippen LogP contribution in [-0.2, 0) is 10.3 Å². The Labute approximate surface area is 198 Å². The van der Waals surface area contributed by atoms with Crippen molar-refractivity contribution >= 4 is 11.7 Å². The quantitative estimate of drug-likeness (QED) is 0.370. The van der Waals surface area contributed by atoms with Crippen LogP contribution in [0.25, 0.3) is 28.2 Å². The molecule has 2 aromatic heterocycles. The predicted octanol–water partition coefficient (Wildman–Crippen LogP) is 6.71. The highest BCUT2D eigenvalue weighted by Crippen LogP contribution is 2.42. The number of carbonyl (C=O) groups is 1. The van der Waals surface area contributed by atoms with Gasteiger partial charge in [0.2, 0.25) is 0 Å². The number of halogens is 1. The lowest BCUT2D eigenvalue weighted by molar-refractivity contribution is 0.0377. The van der Waals surface area contributed by atoms with Crippen LogP contribution in [0.1, 0.15) is 45.6 Å². The van der Waals surface area contributed by atoms with Gasteiger partial charge in [0.1, 0.15) is 17.1 Å². The minimum Gasteiger partial charge on any atom is -0.444 e. The second-order valence-corrected chi connectivity index (χ2v) is 9.89. The van der Waals surface area contributed by atoms with E-state index in [0.717, 1.165) is 47.3 Å². The number of hydrogen-bond donors (Lipinski definition) is 1. The molecule has 0 atom stereocenters. The van der Waals surface area contributed by atoms with E-state index < -0.39 is 17.2 Å². The van der Waals surface area contributed by atoms with Gasteiger partial charge in [-0.2, -0.15) is 0 Å². The second kappa shape index (κ2) is 8.28. The maximum atomic E-state index is 13.9. The van der Waals surface area contributed by atoms with Crippen molar-refractivity contribution in [1.29, 1.82) is 0 Å². The number of hydrogen-bond acceptors (Lipinski definition) is 3. The summed E-state index contributed by atoms with van der Waals surface area (Å²) in [6.07, 6.45) is 4.10.